The lowest BCUT2D eigenvalue weighted by Crippen LogP contribution is -2.24. The molecule has 11 heteroatoms. The second kappa shape index (κ2) is 11.5. The third kappa shape index (κ3) is 5.93. The van der Waals surface area contributed by atoms with Gasteiger partial charge in [0, 0.05) is 22.0 Å². The predicted molar refractivity (Wildman–Crippen MR) is 138 cm³/mol. The number of allylic oxidation sites excluding steroid dienone is 1. The molecular weight excluding hydrogens is 504 g/mol. The molecule has 1 aliphatic rings. The normalized spacial score (nSPS) is 12.5. The molecule has 0 atom stereocenters. The summed E-state index contributed by atoms with van der Waals surface area (Å²) in [6, 6.07) is 8.94. The van der Waals surface area contributed by atoms with Gasteiger partial charge in [-0.2, -0.15) is 5.26 Å². The van der Waals surface area contributed by atoms with Gasteiger partial charge in [0.2, 0.25) is 5.91 Å². The van der Waals surface area contributed by atoms with Crippen molar-refractivity contribution in [2.24, 2.45) is 0 Å². The van der Waals surface area contributed by atoms with Gasteiger partial charge in [0.1, 0.15) is 11.1 Å². The van der Waals surface area contributed by atoms with E-state index in [1.54, 1.807) is 34.9 Å². The molecule has 0 spiro atoms. The first-order valence-corrected chi connectivity index (χ1v) is 13.2. The van der Waals surface area contributed by atoms with Crippen LogP contribution in [0.4, 0.5) is 5.00 Å². The molecule has 0 unspecified atom stereocenters. The first-order chi connectivity index (χ1) is 17.0. The molecule has 2 N–H and O–H groups in total. The van der Waals surface area contributed by atoms with E-state index in [-0.39, 0.29) is 24.1 Å². The molecule has 4 rings (SSSR count). The number of carbonyl (C=O) groups is 2. The number of fused-ring (bicyclic) bond motifs is 1. The van der Waals surface area contributed by atoms with Crippen molar-refractivity contribution in [1.82, 2.24) is 20.1 Å². The van der Waals surface area contributed by atoms with Gasteiger partial charge in [-0.25, -0.2) is 0 Å². The third-order valence-electron chi connectivity index (χ3n) is 5.47. The molecule has 2 heterocycles. The molecular formula is C24H23ClN6O2S2. The molecule has 8 nitrogen and oxygen atoms in total. The highest BCUT2D eigenvalue weighted by atomic mass is 35.5. The number of halogens is 1. The second-order valence-corrected chi connectivity index (χ2v) is 10.3. The lowest BCUT2D eigenvalue weighted by Gasteiger charge is -2.09. The maximum atomic E-state index is 12.7. The smallest absolute Gasteiger partial charge is 0.251 e. The minimum Gasteiger partial charge on any atom is -0.345 e. The maximum absolute atomic E-state index is 12.7. The van der Waals surface area contributed by atoms with Crippen LogP contribution in [-0.2, 0) is 30.7 Å². The number of benzene rings is 1. The summed E-state index contributed by atoms with van der Waals surface area (Å²) >= 11 is 8.70. The number of nitriles is 1. The molecule has 2 amide bonds. The maximum Gasteiger partial charge on any atom is 0.251 e. The van der Waals surface area contributed by atoms with Gasteiger partial charge in [0.25, 0.3) is 5.91 Å². The first kappa shape index (κ1) is 25.0. The van der Waals surface area contributed by atoms with Crippen LogP contribution in [0.2, 0.25) is 5.02 Å². The number of thioether (sulfide) groups is 1. The Hall–Kier alpha value is -3.13. The van der Waals surface area contributed by atoms with E-state index >= 15 is 0 Å². The summed E-state index contributed by atoms with van der Waals surface area (Å²) in [6.07, 6.45) is 5.73. The summed E-state index contributed by atoms with van der Waals surface area (Å²) in [5, 5.41) is 25.3. The monoisotopic (exact) mass is 526 g/mol. The average Bonchev–Trinajstić information content (AvgIpc) is 3.41. The predicted octanol–water partition coefficient (Wildman–Crippen LogP) is 4.59. The largest absolute Gasteiger partial charge is 0.345 e. The van der Waals surface area contributed by atoms with Crippen molar-refractivity contribution >= 4 is 51.5 Å². The van der Waals surface area contributed by atoms with Crippen molar-refractivity contribution in [3.63, 3.8) is 0 Å². The number of nitrogens with one attached hydrogen (secondary N) is 2. The zero-order chi connectivity index (χ0) is 24.8. The van der Waals surface area contributed by atoms with Gasteiger partial charge < -0.3 is 15.2 Å². The summed E-state index contributed by atoms with van der Waals surface area (Å²) in [5.41, 5.74) is 2.13. The number of thiophene rings is 1. The lowest BCUT2D eigenvalue weighted by molar-refractivity contribution is -0.113. The van der Waals surface area contributed by atoms with Gasteiger partial charge in [-0.05, 0) is 49.4 Å². The van der Waals surface area contributed by atoms with Crippen molar-refractivity contribution in [2.45, 2.75) is 43.9 Å². The van der Waals surface area contributed by atoms with Crippen LogP contribution in [0.15, 0.2) is 42.1 Å². The highest BCUT2D eigenvalue weighted by Gasteiger charge is 2.22. The Labute approximate surface area is 216 Å². The molecule has 35 heavy (non-hydrogen) atoms. The van der Waals surface area contributed by atoms with E-state index in [4.69, 9.17) is 11.6 Å². The Morgan fingerprint density at radius 2 is 2.14 bits per heavy atom. The van der Waals surface area contributed by atoms with E-state index in [0.29, 0.717) is 38.7 Å². The quantitative estimate of drug-likeness (QED) is 0.311. The SMILES string of the molecule is C=CCn1c(CNC(=O)c2cccc(Cl)c2)nnc1SCC(=O)Nc1sc2c(c1C#N)CCCC2. The van der Waals surface area contributed by atoms with E-state index in [2.05, 4.69) is 33.5 Å². The van der Waals surface area contributed by atoms with Crippen molar-refractivity contribution < 1.29 is 9.59 Å². The number of anilines is 1. The summed E-state index contributed by atoms with van der Waals surface area (Å²) in [5.74, 6) is 0.161. The number of rotatable bonds is 9. The summed E-state index contributed by atoms with van der Waals surface area (Å²) in [6.45, 7) is 4.36. The van der Waals surface area contributed by atoms with E-state index in [9.17, 15) is 14.9 Å². The van der Waals surface area contributed by atoms with Crippen LogP contribution in [0.3, 0.4) is 0 Å². The fourth-order valence-corrected chi connectivity index (χ4v) is 6.04. The number of aromatic nitrogens is 3. The summed E-state index contributed by atoms with van der Waals surface area (Å²) in [4.78, 5) is 26.3. The van der Waals surface area contributed by atoms with Crippen molar-refractivity contribution in [1.29, 1.82) is 5.26 Å². The van der Waals surface area contributed by atoms with Crippen molar-refractivity contribution in [2.75, 3.05) is 11.1 Å². The number of hydrogen-bond donors (Lipinski definition) is 2. The Morgan fingerprint density at radius 1 is 1.31 bits per heavy atom. The Kier molecular flexibility index (Phi) is 8.23. The molecule has 0 saturated heterocycles. The van der Waals surface area contributed by atoms with Crippen LogP contribution in [0.25, 0.3) is 0 Å². The topological polar surface area (TPSA) is 113 Å². The molecule has 0 bridgehead atoms. The molecule has 3 aromatic rings. The Morgan fingerprint density at radius 3 is 2.91 bits per heavy atom. The van der Waals surface area contributed by atoms with Gasteiger partial charge in [-0.3, -0.25) is 9.59 Å². The molecule has 1 aromatic carbocycles. The van der Waals surface area contributed by atoms with Crippen LogP contribution in [0, 0.1) is 11.3 Å². The van der Waals surface area contributed by atoms with Crippen molar-refractivity contribution in [3.8, 4) is 6.07 Å². The molecule has 0 radical (unpaired) electrons. The standard InChI is InChI=1S/C24H23ClN6O2S2/c1-2-10-31-20(13-27-22(33)15-6-5-7-16(25)11-15)29-30-24(31)34-14-21(32)28-23-18(12-26)17-8-3-4-9-19(17)35-23/h2,5-7,11H,1,3-4,8-10,13-14H2,(H,27,33)(H,28,32). The lowest BCUT2D eigenvalue weighted by atomic mass is 9.96. The van der Waals surface area contributed by atoms with Gasteiger partial charge in [-0.15, -0.1) is 28.1 Å². The van der Waals surface area contributed by atoms with Crippen molar-refractivity contribution in [3.05, 3.63) is 69.3 Å². The highest BCUT2D eigenvalue weighted by molar-refractivity contribution is 7.99. The Bertz CT molecular complexity index is 1310. The number of amides is 2. The summed E-state index contributed by atoms with van der Waals surface area (Å²) in [7, 11) is 0. The molecule has 1 aliphatic carbocycles. The molecule has 0 fully saturated rings. The van der Waals surface area contributed by atoms with E-state index in [1.807, 2.05) is 0 Å². The first-order valence-electron chi connectivity index (χ1n) is 11.0. The molecule has 180 valence electrons. The van der Waals surface area contributed by atoms with E-state index in [0.717, 1.165) is 31.2 Å². The summed E-state index contributed by atoms with van der Waals surface area (Å²) < 4.78 is 1.80. The van der Waals surface area contributed by atoms with Crippen LogP contribution in [0.5, 0.6) is 0 Å². The number of aryl methyl sites for hydroxylation is 1. The van der Waals surface area contributed by atoms with Gasteiger partial charge >= 0.3 is 0 Å². The van der Waals surface area contributed by atoms with Crippen LogP contribution >= 0.6 is 34.7 Å². The number of carbonyl (C=O) groups excluding carboxylic acids is 2. The highest BCUT2D eigenvalue weighted by Crippen LogP contribution is 2.37. The zero-order valence-electron chi connectivity index (χ0n) is 18.8. The van der Waals surface area contributed by atoms with Crippen LogP contribution < -0.4 is 10.6 Å². The van der Waals surface area contributed by atoms with E-state index in [1.165, 1.54) is 28.0 Å². The number of hydrogen-bond acceptors (Lipinski definition) is 7. The van der Waals surface area contributed by atoms with Gasteiger partial charge in [0.15, 0.2) is 11.0 Å². The molecule has 0 aliphatic heterocycles. The van der Waals surface area contributed by atoms with Gasteiger partial charge in [0.05, 0.1) is 17.9 Å². The Balaban J connectivity index is 1.38. The average molecular weight is 527 g/mol. The molecule has 2 aromatic heterocycles. The zero-order valence-corrected chi connectivity index (χ0v) is 21.2. The minimum atomic E-state index is -0.277. The minimum absolute atomic E-state index is 0.109. The van der Waals surface area contributed by atoms with Crippen LogP contribution in [-0.4, -0.2) is 32.3 Å². The number of nitrogens with zero attached hydrogens (tertiary/aromatic N) is 4. The van der Waals surface area contributed by atoms with E-state index < -0.39 is 0 Å². The molecule has 0 saturated carbocycles. The third-order valence-corrected chi connectivity index (χ3v) is 7.88. The second-order valence-electron chi connectivity index (χ2n) is 7.85. The fourth-order valence-electron chi connectivity index (χ4n) is 3.83. The van der Waals surface area contributed by atoms with Crippen LogP contribution in [0.1, 0.15) is 45.0 Å². The van der Waals surface area contributed by atoms with Gasteiger partial charge in [-0.1, -0.05) is 35.5 Å². The fraction of sp³-hybridized carbons (Fsp3) is 0.292.